The second-order valence-corrected chi connectivity index (χ2v) is 8.74. The number of anilines is 1. The Morgan fingerprint density at radius 2 is 1.95 bits per heavy atom. The highest BCUT2D eigenvalue weighted by molar-refractivity contribution is 7.98. The maximum Gasteiger partial charge on any atom is 0.243 e. The van der Waals surface area contributed by atoms with Crippen LogP contribution in [-0.2, 0) is 10.0 Å². The molecule has 1 fully saturated rings. The van der Waals surface area contributed by atoms with Crippen molar-refractivity contribution in [2.75, 3.05) is 30.0 Å². The van der Waals surface area contributed by atoms with Crippen molar-refractivity contribution in [1.29, 1.82) is 0 Å². The molecular weight excluding hydrogens is 323 g/mol. The number of aryl methyl sites for hydroxylation is 1. The zero-order valence-corrected chi connectivity index (χ0v) is 14.9. The molecule has 0 spiro atoms. The molecule has 0 radical (unpaired) electrons. The first-order valence-electron chi connectivity index (χ1n) is 7.23. The van der Waals surface area contributed by atoms with Crippen LogP contribution in [0, 0.1) is 18.2 Å². The van der Waals surface area contributed by atoms with Crippen LogP contribution in [0.5, 0.6) is 0 Å². The molecule has 1 aromatic carbocycles. The van der Waals surface area contributed by atoms with E-state index < -0.39 is 15.8 Å². The third-order valence-electron chi connectivity index (χ3n) is 4.26. The molecule has 1 saturated heterocycles. The van der Waals surface area contributed by atoms with E-state index in [1.54, 1.807) is 13.0 Å². The van der Waals surface area contributed by atoms with Crippen LogP contribution in [0.4, 0.5) is 10.1 Å². The molecule has 0 saturated carbocycles. The molecule has 2 N–H and O–H groups in total. The van der Waals surface area contributed by atoms with Crippen molar-refractivity contribution in [1.82, 2.24) is 0 Å². The summed E-state index contributed by atoms with van der Waals surface area (Å²) in [6, 6.07) is 2.92. The van der Waals surface area contributed by atoms with Gasteiger partial charge in [0.2, 0.25) is 10.0 Å². The van der Waals surface area contributed by atoms with Gasteiger partial charge >= 0.3 is 0 Å². The van der Waals surface area contributed by atoms with Crippen LogP contribution in [0.25, 0.3) is 0 Å². The number of nitrogens with zero attached hydrogens (tertiary/aromatic N) is 1. The van der Waals surface area contributed by atoms with Crippen LogP contribution in [0.15, 0.2) is 17.0 Å². The largest absolute Gasteiger partial charge is 0.370 e. The van der Waals surface area contributed by atoms with E-state index >= 15 is 0 Å². The molecule has 1 aliphatic rings. The Morgan fingerprint density at radius 1 is 1.36 bits per heavy atom. The maximum atomic E-state index is 14.1. The van der Waals surface area contributed by atoms with E-state index in [-0.39, 0.29) is 10.3 Å². The van der Waals surface area contributed by atoms with Gasteiger partial charge in [-0.25, -0.2) is 17.9 Å². The first-order chi connectivity index (χ1) is 10.2. The van der Waals surface area contributed by atoms with Crippen molar-refractivity contribution in [3.05, 3.63) is 23.5 Å². The first-order valence-corrected chi connectivity index (χ1v) is 10.2. The van der Waals surface area contributed by atoms with Gasteiger partial charge in [-0.1, -0.05) is 6.92 Å². The number of sulfonamides is 1. The third-order valence-corrected chi connectivity index (χ3v) is 6.22. The highest BCUT2D eigenvalue weighted by Crippen LogP contribution is 2.37. The Bertz CT molecular complexity index is 654. The molecule has 2 rings (SSSR count). The summed E-state index contributed by atoms with van der Waals surface area (Å²) in [5.41, 5.74) is 1.34. The summed E-state index contributed by atoms with van der Waals surface area (Å²) in [7, 11) is -4.09. The molecule has 0 amide bonds. The average Bonchev–Trinajstić information content (AvgIpc) is 2.36. The number of benzene rings is 1. The predicted molar refractivity (Wildman–Crippen MR) is 90.4 cm³/mol. The lowest BCUT2D eigenvalue weighted by Gasteiger charge is -2.40. The van der Waals surface area contributed by atoms with Crippen molar-refractivity contribution in [3.8, 4) is 0 Å². The summed E-state index contributed by atoms with van der Waals surface area (Å²) in [5.74, 6) is 0.306. The molecule has 1 aliphatic heterocycles. The summed E-state index contributed by atoms with van der Waals surface area (Å²) in [6.07, 6.45) is 3.99. The van der Waals surface area contributed by atoms with Crippen LogP contribution in [0.1, 0.15) is 25.3 Å². The molecule has 0 atom stereocenters. The molecule has 7 heteroatoms. The van der Waals surface area contributed by atoms with Gasteiger partial charge in [-0.3, -0.25) is 0 Å². The number of piperidine rings is 1. The van der Waals surface area contributed by atoms with Crippen molar-refractivity contribution >= 4 is 27.5 Å². The van der Waals surface area contributed by atoms with Crippen molar-refractivity contribution in [2.45, 2.75) is 31.6 Å². The Morgan fingerprint density at radius 3 is 2.45 bits per heavy atom. The lowest BCUT2D eigenvalue weighted by atomic mass is 9.82. The SMILES string of the molecule is CSCC1(C)CCN(c2cc(C)cc(F)c2S(N)(=O)=O)CC1. The molecule has 0 bridgehead atoms. The quantitative estimate of drug-likeness (QED) is 0.910. The fraction of sp³-hybridized carbons (Fsp3) is 0.600. The average molecular weight is 346 g/mol. The highest BCUT2D eigenvalue weighted by atomic mass is 32.2. The van der Waals surface area contributed by atoms with Crippen molar-refractivity contribution in [2.24, 2.45) is 10.6 Å². The van der Waals surface area contributed by atoms with E-state index in [9.17, 15) is 12.8 Å². The number of halogens is 1. The van der Waals surface area contributed by atoms with Crippen molar-refractivity contribution in [3.63, 3.8) is 0 Å². The number of rotatable bonds is 4. The molecular formula is C15H23FN2O2S2. The van der Waals surface area contributed by atoms with Crippen LogP contribution >= 0.6 is 11.8 Å². The molecule has 0 unspecified atom stereocenters. The van der Waals surface area contributed by atoms with E-state index in [1.165, 1.54) is 6.07 Å². The van der Waals surface area contributed by atoms with Gasteiger partial charge in [0.15, 0.2) is 0 Å². The summed E-state index contributed by atoms with van der Waals surface area (Å²) >= 11 is 1.82. The van der Waals surface area contributed by atoms with Gasteiger partial charge < -0.3 is 4.90 Å². The van der Waals surface area contributed by atoms with Gasteiger partial charge in [-0.2, -0.15) is 11.8 Å². The summed E-state index contributed by atoms with van der Waals surface area (Å²) in [5, 5.41) is 5.22. The van der Waals surface area contributed by atoms with Gasteiger partial charge in [0.05, 0.1) is 5.69 Å². The molecule has 0 aromatic heterocycles. The van der Waals surface area contributed by atoms with E-state index in [1.807, 2.05) is 16.7 Å². The normalized spacial score (nSPS) is 18.5. The number of nitrogens with two attached hydrogens (primary N) is 1. The minimum atomic E-state index is -4.09. The zero-order valence-electron chi connectivity index (χ0n) is 13.2. The van der Waals surface area contributed by atoms with Gasteiger partial charge in [0.25, 0.3) is 0 Å². The highest BCUT2D eigenvalue weighted by Gasteiger charge is 2.32. The number of primary sulfonamides is 1. The minimum absolute atomic E-state index is 0.250. The maximum absolute atomic E-state index is 14.1. The van der Waals surface area contributed by atoms with Gasteiger partial charge in [0.1, 0.15) is 10.7 Å². The van der Waals surface area contributed by atoms with Gasteiger partial charge in [0, 0.05) is 13.1 Å². The smallest absolute Gasteiger partial charge is 0.243 e. The Labute approximate surface area is 136 Å². The summed E-state index contributed by atoms with van der Waals surface area (Å²) in [6.45, 7) is 5.42. The Balaban J connectivity index is 2.35. The number of hydrogen-bond donors (Lipinski definition) is 1. The number of hydrogen-bond acceptors (Lipinski definition) is 4. The van der Waals surface area contributed by atoms with Crippen LogP contribution in [0.2, 0.25) is 0 Å². The lowest BCUT2D eigenvalue weighted by molar-refractivity contribution is 0.287. The predicted octanol–water partition coefficient (Wildman–Crippen LogP) is 2.75. The fourth-order valence-electron chi connectivity index (χ4n) is 3.01. The Hall–Kier alpha value is -0.790. The van der Waals surface area contributed by atoms with Gasteiger partial charge in [-0.15, -0.1) is 0 Å². The lowest BCUT2D eigenvalue weighted by Crippen LogP contribution is -2.40. The summed E-state index contributed by atoms with van der Waals surface area (Å²) in [4.78, 5) is 1.56. The first kappa shape index (κ1) is 17.6. The van der Waals surface area contributed by atoms with Crippen molar-refractivity contribution < 1.29 is 12.8 Å². The van der Waals surface area contributed by atoms with Crippen LogP contribution in [-0.4, -0.2) is 33.5 Å². The molecule has 4 nitrogen and oxygen atoms in total. The van der Waals surface area contributed by atoms with E-state index in [2.05, 4.69) is 13.2 Å². The van der Waals surface area contributed by atoms with Crippen LogP contribution < -0.4 is 10.0 Å². The van der Waals surface area contributed by atoms with E-state index in [4.69, 9.17) is 5.14 Å². The second kappa shape index (κ2) is 6.37. The Kier molecular flexibility index (Phi) is 5.09. The molecule has 124 valence electrons. The van der Waals surface area contributed by atoms with Gasteiger partial charge in [-0.05, 0) is 54.9 Å². The standard InChI is InChI=1S/C15H23FN2O2S2/c1-11-8-12(16)14(22(17,19)20)13(9-11)18-6-4-15(2,5-7-18)10-21-3/h8-9H,4-7,10H2,1-3H3,(H2,17,19,20). The van der Waals surface area contributed by atoms with E-state index in [0.717, 1.165) is 18.6 Å². The number of thioether (sulfide) groups is 1. The molecule has 1 heterocycles. The molecule has 0 aliphatic carbocycles. The second-order valence-electron chi connectivity index (χ2n) is 6.37. The monoisotopic (exact) mass is 346 g/mol. The fourth-order valence-corrected chi connectivity index (χ4v) is 4.80. The minimum Gasteiger partial charge on any atom is -0.370 e. The topological polar surface area (TPSA) is 63.4 Å². The molecule has 1 aromatic rings. The zero-order chi connectivity index (χ0) is 16.5. The van der Waals surface area contributed by atoms with E-state index in [0.29, 0.717) is 24.3 Å². The van der Waals surface area contributed by atoms with Crippen LogP contribution in [0.3, 0.4) is 0 Å². The summed E-state index contributed by atoms with van der Waals surface area (Å²) < 4.78 is 37.7. The third kappa shape index (κ3) is 3.75. The molecule has 22 heavy (non-hydrogen) atoms.